The highest BCUT2D eigenvalue weighted by atomic mass is 79.9. The van der Waals surface area contributed by atoms with E-state index in [0.29, 0.717) is 53.7 Å². The predicted molar refractivity (Wildman–Crippen MR) is 324 cm³/mol. The van der Waals surface area contributed by atoms with E-state index < -0.39 is 119 Å². The minimum Gasteiger partial charge on any atom is -0.462 e. The van der Waals surface area contributed by atoms with E-state index >= 15 is 13.2 Å². The molecule has 2 fully saturated rings. The van der Waals surface area contributed by atoms with Gasteiger partial charge in [0, 0.05) is 68.9 Å². The molecule has 25 heteroatoms. The number of allylic oxidation sites excluding steroid dienone is 3. The highest BCUT2D eigenvalue weighted by Crippen LogP contribution is 2.50. The van der Waals surface area contributed by atoms with Crippen LogP contribution in [0.4, 0.5) is 34.1 Å². The van der Waals surface area contributed by atoms with Crippen LogP contribution >= 0.6 is 43.5 Å². The highest BCUT2D eigenvalue weighted by molar-refractivity contribution is 9.09. The molecule has 2 saturated heterocycles. The van der Waals surface area contributed by atoms with Gasteiger partial charge in [-0.25, -0.2) is 9.59 Å². The van der Waals surface area contributed by atoms with E-state index in [4.69, 9.17) is 41.0 Å². The average molecular weight is 1360 g/mol. The molecule has 19 nitrogen and oxygen atoms in total. The van der Waals surface area contributed by atoms with Gasteiger partial charge in [0.2, 0.25) is 11.8 Å². The lowest BCUT2D eigenvalue weighted by Crippen LogP contribution is -2.53. The molecule has 6 N–H and O–H groups in total. The van der Waals surface area contributed by atoms with Gasteiger partial charge in [-0.15, -0.1) is 0 Å². The molecule has 2 aromatic rings. The number of benzene rings is 2. The third kappa shape index (κ3) is 19.8. The molecule has 1 unspecified atom stereocenters. The van der Waals surface area contributed by atoms with Gasteiger partial charge in [-0.2, -0.15) is 13.2 Å². The number of hydrogen-bond donors (Lipinski definition) is 5. The number of carbonyl (C=O) groups excluding carboxylic acids is 8. The Kier molecular flexibility index (Phi) is 26.3. The molecule has 5 rings (SSSR count). The number of anilines is 2. The summed E-state index contributed by atoms with van der Waals surface area (Å²) < 4.78 is 74.4. The zero-order chi connectivity index (χ0) is 64.0. The first-order chi connectivity index (χ1) is 40.3. The van der Waals surface area contributed by atoms with Crippen molar-refractivity contribution in [3.8, 4) is 0 Å². The number of aliphatic hydroxyl groups is 1. The summed E-state index contributed by atoms with van der Waals surface area (Å²) in [5, 5.41) is 20.4. The van der Waals surface area contributed by atoms with Gasteiger partial charge in [-0.05, 0) is 107 Å². The highest BCUT2D eigenvalue weighted by Gasteiger charge is 2.64. The lowest BCUT2D eigenvalue weighted by Gasteiger charge is -2.41. The normalized spacial score (nSPS) is 24.7. The molecule has 3 aliphatic heterocycles. The number of fused-ring (bicyclic) bond motifs is 5. The van der Waals surface area contributed by atoms with Crippen LogP contribution in [-0.4, -0.2) is 132 Å². The van der Waals surface area contributed by atoms with Gasteiger partial charge in [0.15, 0.2) is 5.78 Å². The van der Waals surface area contributed by atoms with Crippen molar-refractivity contribution in [3.63, 3.8) is 0 Å². The predicted octanol–water partition coefficient (Wildman–Crippen LogP) is 10.1. The van der Waals surface area contributed by atoms with Gasteiger partial charge in [-0.1, -0.05) is 100 Å². The van der Waals surface area contributed by atoms with E-state index in [1.165, 1.54) is 25.1 Å². The third-order valence-corrected chi connectivity index (χ3v) is 18.1. The molecule has 5 amide bonds. The number of alkyl halides is 5. The molecular formula is C61H81Br2ClF3N5O14. The van der Waals surface area contributed by atoms with Gasteiger partial charge in [-0.3, -0.25) is 34.1 Å². The molecular weight excluding hydrogens is 1280 g/mol. The number of primary amides is 1. The fourth-order valence-electron chi connectivity index (χ4n) is 10.9. The topological polar surface area (TPSA) is 272 Å². The Morgan fingerprint density at radius 2 is 1.71 bits per heavy atom. The molecule has 2 aromatic carbocycles. The van der Waals surface area contributed by atoms with E-state index in [9.17, 15) is 43.5 Å². The molecule has 10 atom stereocenters. The van der Waals surface area contributed by atoms with Crippen molar-refractivity contribution in [2.24, 2.45) is 29.4 Å². The van der Waals surface area contributed by atoms with Gasteiger partial charge in [0.05, 0.1) is 59.0 Å². The SMILES string of the molecule is CO[C@@H]1/C=C/C=C(\C)Cc2cc(C)c(Cl)c(c2)N(C)C(=O)C[C@H](OC(=O)Nc2ccc(CC(=O)[C@H](CCCNC(N)=O)NC(=O)[C@@H](CC(=O)CCCCC(C)OC(=O)C(CBr)CBr)C(C)C)cc2C(F)(F)F)[C@]2(C)O[C@H]2[C@H](C)[C@@H]2C[C@@]1(O)CC(=O)O2. The zero-order valence-electron chi connectivity index (χ0n) is 50.0. The van der Waals surface area contributed by atoms with Gasteiger partial charge >= 0.3 is 30.2 Å². The first-order valence-corrected chi connectivity index (χ1v) is 31.4. The van der Waals surface area contributed by atoms with Crippen molar-refractivity contribution in [2.75, 3.05) is 41.6 Å². The molecule has 476 valence electrons. The van der Waals surface area contributed by atoms with Crippen LogP contribution < -0.4 is 26.6 Å². The lowest BCUT2D eigenvalue weighted by atomic mass is 9.78. The van der Waals surface area contributed by atoms with Crippen LogP contribution in [0.25, 0.3) is 0 Å². The van der Waals surface area contributed by atoms with Gasteiger partial charge < -0.3 is 50.1 Å². The number of epoxide rings is 1. The number of unbranched alkanes of at least 4 members (excludes halogenated alkanes) is 1. The van der Waals surface area contributed by atoms with Crippen LogP contribution in [0.15, 0.2) is 54.1 Å². The summed E-state index contributed by atoms with van der Waals surface area (Å²) in [5.41, 5.74) is 2.41. The summed E-state index contributed by atoms with van der Waals surface area (Å²) in [6.07, 6.45) is -5.62. The van der Waals surface area contributed by atoms with Crippen LogP contribution in [-0.2, 0) is 71.5 Å². The summed E-state index contributed by atoms with van der Waals surface area (Å²) >= 11 is 13.4. The van der Waals surface area contributed by atoms with Crippen LogP contribution in [0.3, 0.4) is 0 Å². The second-order valence-electron chi connectivity index (χ2n) is 23.4. The van der Waals surface area contributed by atoms with Gasteiger partial charge in [0.25, 0.3) is 0 Å². The lowest BCUT2D eigenvalue weighted by molar-refractivity contribution is -0.187. The monoisotopic (exact) mass is 1360 g/mol. The van der Waals surface area contributed by atoms with E-state index in [1.54, 1.807) is 59.8 Å². The number of methoxy groups -OCH3 is 1. The van der Waals surface area contributed by atoms with Crippen LogP contribution in [0, 0.1) is 30.6 Å². The van der Waals surface area contributed by atoms with Crippen LogP contribution in [0.2, 0.25) is 5.02 Å². The van der Waals surface area contributed by atoms with Crippen LogP contribution in [0.5, 0.6) is 0 Å². The number of urea groups is 1. The minimum atomic E-state index is -5.12. The maximum atomic E-state index is 15.1. The van der Waals surface area contributed by atoms with Crippen molar-refractivity contribution in [3.05, 3.63) is 81.4 Å². The average Bonchev–Trinajstić information content (AvgIpc) is 1.59. The molecule has 4 bridgehead atoms. The maximum absolute atomic E-state index is 15.1. The molecule has 0 aliphatic carbocycles. The number of nitrogens with zero attached hydrogens (tertiary/aromatic N) is 1. The molecule has 0 aromatic heterocycles. The Hall–Kier alpha value is -5.40. The molecule has 0 saturated carbocycles. The second kappa shape index (κ2) is 31.7. The Balaban J connectivity index is 1.36. The number of carbonyl (C=O) groups is 8. The Morgan fingerprint density at radius 1 is 1.01 bits per heavy atom. The van der Waals surface area contributed by atoms with Crippen molar-refractivity contribution in [1.82, 2.24) is 10.6 Å². The molecule has 86 heavy (non-hydrogen) atoms. The van der Waals surface area contributed by atoms with Crippen molar-refractivity contribution < 1.29 is 80.3 Å². The number of halogens is 6. The number of esters is 2. The fraction of sp³-hybridized carbons (Fsp3) is 0.607. The standard InChI is InChI=1S/C61H81Br2ClF3N5O14/c1-33(2)42(27-41(73)16-11-10-15-36(5)83-56(78)40(31-62)32-63)55(77)70-45(17-13-21-69-57(68)79)47(74)26-38-19-20-44(43(24-38)61(65,66)67)71-58(80)85-50-28-51(75)72(8)46-25-39(23-35(4)53(46)64)22-34(3)14-12-18-49(82-9)60(81)29-48(84-52(76)30-60)37(6)54-59(50,7)86-54/h12,14,18-20,23-25,33,36-37,40,42,45,48-50,54,81H,10-11,13,15-17,21-22,26-32H2,1-9H3,(H,70,77)(H,71,80)(H3,68,69,79)/b18-12+,34-14+/t36?,37-,42+,45+,48+,49-,50+,54+,59+,60-/m1/s1. The Bertz CT molecular complexity index is 2860. The Morgan fingerprint density at radius 3 is 2.35 bits per heavy atom. The summed E-state index contributed by atoms with van der Waals surface area (Å²) in [5.74, 6) is -5.48. The molecule has 0 radical (unpaired) electrons. The van der Waals surface area contributed by atoms with Gasteiger partial charge in [0.1, 0.15) is 35.3 Å². The third-order valence-electron chi connectivity index (χ3n) is 16.1. The van der Waals surface area contributed by atoms with Crippen molar-refractivity contribution in [1.29, 1.82) is 0 Å². The van der Waals surface area contributed by atoms with E-state index in [0.717, 1.165) is 17.2 Å². The molecule has 3 heterocycles. The minimum absolute atomic E-state index is 0.00504. The summed E-state index contributed by atoms with van der Waals surface area (Å²) in [7, 11) is 2.89. The molecule has 0 spiro atoms. The largest absolute Gasteiger partial charge is 0.462 e. The first kappa shape index (κ1) is 71.4. The smallest absolute Gasteiger partial charge is 0.418 e. The number of aryl methyl sites for hydroxylation is 1. The Labute approximate surface area is 522 Å². The second-order valence-corrected chi connectivity index (χ2v) is 25.0. The quantitative estimate of drug-likeness (QED) is 0.0215. The van der Waals surface area contributed by atoms with Crippen LogP contribution in [0.1, 0.15) is 128 Å². The molecule has 3 aliphatic rings. The summed E-state index contributed by atoms with van der Waals surface area (Å²) in [6.45, 7) is 12.2. The fourth-order valence-corrected chi connectivity index (χ4v) is 12.7. The van der Waals surface area contributed by atoms with E-state index in [-0.39, 0.29) is 85.3 Å². The summed E-state index contributed by atoms with van der Waals surface area (Å²) in [4.78, 5) is 108. The van der Waals surface area contributed by atoms with E-state index in [1.807, 2.05) is 19.1 Å². The van der Waals surface area contributed by atoms with Crippen molar-refractivity contribution >= 4 is 102 Å². The number of ketones is 2. The van der Waals surface area contributed by atoms with Crippen molar-refractivity contribution in [2.45, 2.75) is 179 Å². The summed E-state index contributed by atoms with van der Waals surface area (Å²) in [6, 6.07) is 4.30. The zero-order valence-corrected chi connectivity index (χ0v) is 54.0. The number of rotatable bonds is 24. The number of Topliss-reactive ketones (excluding diaryl/α,β-unsaturated/α-hetero) is 2. The number of nitrogens with one attached hydrogen (secondary N) is 3. The first-order valence-electron chi connectivity index (χ1n) is 28.7. The van der Waals surface area contributed by atoms with E-state index in [2.05, 4.69) is 47.8 Å². The maximum Gasteiger partial charge on any atom is 0.418 e. The number of hydrogen-bond acceptors (Lipinski definition) is 14. The number of amides is 5. The number of nitrogens with two attached hydrogens (primary N) is 1. The number of ether oxygens (including phenoxy) is 5.